The van der Waals surface area contributed by atoms with Crippen molar-refractivity contribution in [2.24, 2.45) is 11.7 Å². The van der Waals surface area contributed by atoms with E-state index in [4.69, 9.17) is 5.73 Å². The predicted octanol–water partition coefficient (Wildman–Crippen LogP) is 3.66. The lowest BCUT2D eigenvalue weighted by atomic mass is 9.71. The molecule has 98 valence electrons. The molecule has 0 radical (unpaired) electrons. The lowest BCUT2D eigenvalue weighted by molar-refractivity contribution is 0.594. The maximum Gasteiger partial charge on any atom is 0.0972 e. The Morgan fingerprint density at radius 1 is 1.00 bits per heavy atom. The number of allylic oxidation sites excluding steroid dienone is 1. The van der Waals surface area contributed by atoms with Gasteiger partial charge in [-0.3, -0.25) is 0 Å². The fourth-order valence-corrected chi connectivity index (χ4v) is 3.13. The zero-order valence-electron chi connectivity index (χ0n) is 11.4. The van der Waals surface area contributed by atoms with Gasteiger partial charge in [0.15, 0.2) is 0 Å². The molecule has 2 aromatic carbocycles. The Kier molecular flexibility index (Phi) is 3.04. The van der Waals surface area contributed by atoms with Crippen molar-refractivity contribution in [2.75, 3.05) is 0 Å². The van der Waals surface area contributed by atoms with Crippen LogP contribution in [-0.4, -0.2) is 0 Å². The maximum atomic E-state index is 9.43. The van der Waals surface area contributed by atoms with Crippen molar-refractivity contribution in [3.05, 3.63) is 76.9 Å². The van der Waals surface area contributed by atoms with Crippen LogP contribution in [0.25, 0.3) is 5.70 Å². The van der Waals surface area contributed by atoms with Crippen LogP contribution in [-0.2, 0) is 0 Å². The molecule has 0 spiro atoms. The first-order valence-corrected chi connectivity index (χ1v) is 6.78. The molecule has 0 bridgehead atoms. The zero-order chi connectivity index (χ0) is 14.1. The summed E-state index contributed by atoms with van der Waals surface area (Å²) < 4.78 is 0. The largest absolute Gasteiger partial charge is 0.397 e. The summed E-state index contributed by atoms with van der Waals surface area (Å²) in [6.45, 7) is 2.08. The van der Waals surface area contributed by atoms with Crippen LogP contribution in [0.4, 0.5) is 0 Å². The number of nitrogens with two attached hydrogens (primary N) is 1. The fraction of sp³-hybridized carbons (Fsp3) is 0.167. The van der Waals surface area contributed by atoms with Gasteiger partial charge in [-0.15, -0.1) is 0 Å². The molecular weight excluding hydrogens is 244 g/mol. The molecule has 2 N–H and O–H groups in total. The molecule has 20 heavy (non-hydrogen) atoms. The molecule has 2 aromatic rings. The first-order chi connectivity index (χ1) is 9.74. The third kappa shape index (κ3) is 1.80. The van der Waals surface area contributed by atoms with E-state index in [1.807, 2.05) is 36.4 Å². The summed E-state index contributed by atoms with van der Waals surface area (Å²) in [6.07, 6.45) is 0. The van der Waals surface area contributed by atoms with Crippen molar-refractivity contribution in [1.82, 2.24) is 0 Å². The number of hydrogen-bond donors (Lipinski definition) is 1. The van der Waals surface area contributed by atoms with Crippen LogP contribution in [0.15, 0.2) is 60.2 Å². The van der Waals surface area contributed by atoms with E-state index in [1.54, 1.807) is 0 Å². The second kappa shape index (κ2) is 4.86. The monoisotopic (exact) mass is 260 g/mol. The molecule has 2 unspecified atom stereocenters. The van der Waals surface area contributed by atoms with Gasteiger partial charge in [0.25, 0.3) is 0 Å². The first kappa shape index (κ1) is 12.5. The van der Waals surface area contributed by atoms with Gasteiger partial charge in [-0.1, -0.05) is 61.5 Å². The molecule has 0 fully saturated rings. The number of rotatable bonds is 1. The van der Waals surface area contributed by atoms with Gasteiger partial charge in [0.2, 0.25) is 0 Å². The van der Waals surface area contributed by atoms with Gasteiger partial charge in [0, 0.05) is 17.4 Å². The van der Waals surface area contributed by atoms with E-state index >= 15 is 0 Å². The predicted molar refractivity (Wildman–Crippen MR) is 80.6 cm³/mol. The van der Waals surface area contributed by atoms with E-state index in [0.717, 1.165) is 5.56 Å². The molecule has 0 heterocycles. The van der Waals surface area contributed by atoms with Crippen LogP contribution >= 0.6 is 0 Å². The van der Waals surface area contributed by atoms with Crippen LogP contribution in [0.1, 0.15) is 29.5 Å². The van der Waals surface area contributed by atoms with Crippen LogP contribution in [0.3, 0.4) is 0 Å². The molecule has 1 aliphatic carbocycles. The van der Waals surface area contributed by atoms with Gasteiger partial charge in [0.1, 0.15) is 0 Å². The molecule has 2 atom stereocenters. The summed E-state index contributed by atoms with van der Waals surface area (Å²) >= 11 is 0. The van der Waals surface area contributed by atoms with Crippen molar-refractivity contribution < 1.29 is 0 Å². The van der Waals surface area contributed by atoms with Gasteiger partial charge in [0.05, 0.1) is 17.3 Å². The van der Waals surface area contributed by atoms with Gasteiger partial charge >= 0.3 is 0 Å². The summed E-state index contributed by atoms with van der Waals surface area (Å²) in [6, 6.07) is 20.8. The minimum absolute atomic E-state index is 0.0947. The number of fused-ring (bicyclic) bond motifs is 1. The van der Waals surface area contributed by atoms with E-state index in [2.05, 4.69) is 31.2 Å². The van der Waals surface area contributed by atoms with E-state index in [9.17, 15) is 5.26 Å². The van der Waals surface area contributed by atoms with Crippen molar-refractivity contribution in [3.63, 3.8) is 0 Å². The Bertz CT molecular complexity index is 708. The summed E-state index contributed by atoms with van der Waals surface area (Å²) in [5.41, 5.74) is 10.9. The third-order valence-electron chi connectivity index (χ3n) is 4.11. The highest BCUT2D eigenvalue weighted by molar-refractivity contribution is 5.76. The zero-order valence-corrected chi connectivity index (χ0v) is 11.4. The Morgan fingerprint density at radius 2 is 1.65 bits per heavy atom. The maximum absolute atomic E-state index is 9.43. The summed E-state index contributed by atoms with van der Waals surface area (Å²) in [5.74, 6) is 0.284. The smallest absolute Gasteiger partial charge is 0.0972 e. The molecule has 2 nitrogen and oxygen atoms in total. The second-order valence-electron chi connectivity index (χ2n) is 5.20. The minimum atomic E-state index is 0.0947. The van der Waals surface area contributed by atoms with Gasteiger partial charge in [-0.25, -0.2) is 0 Å². The highest BCUT2D eigenvalue weighted by Gasteiger charge is 2.32. The molecule has 0 saturated carbocycles. The van der Waals surface area contributed by atoms with Crippen molar-refractivity contribution in [1.29, 1.82) is 5.26 Å². The highest BCUT2D eigenvalue weighted by atomic mass is 14.6. The van der Waals surface area contributed by atoms with E-state index in [1.165, 1.54) is 11.1 Å². The standard InChI is InChI=1S/C18H16N2/c1-12-16(11-19)18(20)15-10-6-5-9-14(15)17(12)13-7-3-2-4-8-13/h2-10,12,17H,20H2,1H3. The SMILES string of the molecule is CC1C(C#N)=C(N)c2ccccc2C1c1ccccc1. The van der Waals surface area contributed by atoms with Crippen LogP contribution < -0.4 is 5.73 Å². The number of nitrogens with zero attached hydrogens (tertiary/aromatic N) is 1. The van der Waals surface area contributed by atoms with E-state index in [-0.39, 0.29) is 11.8 Å². The minimum Gasteiger partial charge on any atom is -0.397 e. The van der Waals surface area contributed by atoms with Crippen LogP contribution in [0.5, 0.6) is 0 Å². The Morgan fingerprint density at radius 3 is 2.35 bits per heavy atom. The van der Waals surface area contributed by atoms with E-state index < -0.39 is 0 Å². The highest BCUT2D eigenvalue weighted by Crippen LogP contribution is 2.43. The van der Waals surface area contributed by atoms with Gasteiger partial charge in [-0.05, 0) is 11.1 Å². The number of hydrogen-bond acceptors (Lipinski definition) is 2. The normalized spacial score (nSPS) is 21.2. The van der Waals surface area contributed by atoms with Crippen molar-refractivity contribution in [3.8, 4) is 6.07 Å². The topological polar surface area (TPSA) is 49.8 Å². The lowest BCUT2D eigenvalue weighted by Gasteiger charge is -2.32. The van der Waals surface area contributed by atoms with Gasteiger partial charge in [-0.2, -0.15) is 5.26 Å². The van der Waals surface area contributed by atoms with Crippen molar-refractivity contribution in [2.45, 2.75) is 12.8 Å². The molecule has 3 rings (SSSR count). The second-order valence-corrected chi connectivity index (χ2v) is 5.20. The third-order valence-corrected chi connectivity index (χ3v) is 4.11. The average Bonchev–Trinajstić information content (AvgIpc) is 2.49. The summed E-state index contributed by atoms with van der Waals surface area (Å²) in [7, 11) is 0. The average molecular weight is 260 g/mol. The lowest BCUT2D eigenvalue weighted by Crippen LogP contribution is -2.23. The molecule has 0 saturated heterocycles. The summed E-state index contributed by atoms with van der Waals surface area (Å²) in [4.78, 5) is 0. The molecule has 1 aliphatic rings. The van der Waals surface area contributed by atoms with Crippen molar-refractivity contribution >= 4 is 5.70 Å². The fourth-order valence-electron chi connectivity index (χ4n) is 3.13. The Labute approximate surface area is 119 Å². The molecular formula is C18H16N2. The number of benzene rings is 2. The molecule has 0 aromatic heterocycles. The summed E-state index contributed by atoms with van der Waals surface area (Å²) in [5, 5.41) is 9.43. The Hall–Kier alpha value is -2.53. The number of nitriles is 1. The van der Waals surface area contributed by atoms with Crippen LogP contribution in [0.2, 0.25) is 0 Å². The first-order valence-electron chi connectivity index (χ1n) is 6.78. The molecule has 2 heteroatoms. The quantitative estimate of drug-likeness (QED) is 0.850. The molecule has 0 amide bonds. The van der Waals surface area contributed by atoms with Gasteiger partial charge < -0.3 is 5.73 Å². The van der Waals surface area contributed by atoms with Crippen LogP contribution in [0, 0.1) is 17.2 Å². The Balaban J connectivity index is 2.25. The van der Waals surface area contributed by atoms with E-state index in [0.29, 0.717) is 11.3 Å². The molecule has 0 aliphatic heterocycles.